The molecule has 94 valence electrons. The van der Waals surface area contributed by atoms with E-state index < -0.39 is 0 Å². The van der Waals surface area contributed by atoms with E-state index in [1.807, 2.05) is 12.1 Å². The number of nitrogens with one attached hydrogen (secondary N) is 1. The SMILES string of the molecule is CCCN=C(N)NCCCc1ccc(Cl)cc1. The fourth-order valence-corrected chi connectivity index (χ4v) is 1.57. The summed E-state index contributed by atoms with van der Waals surface area (Å²) < 4.78 is 0. The van der Waals surface area contributed by atoms with Crippen molar-refractivity contribution < 1.29 is 0 Å². The molecule has 0 saturated heterocycles. The van der Waals surface area contributed by atoms with Gasteiger partial charge in [0.1, 0.15) is 0 Å². The van der Waals surface area contributed by atoms with E-state index in [2.05, 4.69) is 29.4 Å². The Kier molecular flexibility index (Phi) is 6.48. The second-order valence-electron chi connectivity index (χ2n) is 3.92. The number of benzene rings is 1. The summed E-state index contributed by atoms with van der Waals surface area (Å²) in [6, 6.07) is 7.94. The molecule has 1 aromatic carbocycles. The maximum absolute atomic E-state index is 5.82. The number of hydrogen-bond acceptors (Lipinski definition) is 1. The van der Waals surface area contributed by atoms with Crippen LogP contribution in [0.5, 0.6) is 0 Å². The zero-order valence-electron chi connectivity index (χ0n) is 10.2. The predicted octanol–water partition coefficient (Wildman–Crippen LogP) is 2.59. The minimum Gasteiger partial charge on any atom is -0.370 e. The maximum atomic E-state index is 5.82. The van der Waals surface area contributed by atoms with Gasteiger partial charge >= 0.3 is 0 Å². The lowest BCUT2D eigenvalue weighted by Crippen LogP contribution is -2.32. The Labute approximate surface area is 108 Å². The van der Waals surface area contributed by atoms with Gasteiger partial charge in [-0.3, -0.25) is 4.99 Å². The van der Waals surface area contributed by atoms with Crippen LogP contribution >= 0.6 is 11.6 Å². The highest BCUT2D eigenvalue weighted by atomic mass is 35.5. The second kappa shape index (κ2) is 7.96. The maximum Gasteiger partial charge on any atom is 0.188 e. The lowest BCUT2D eigenvalue weighted by molar-refractivity contribution is 0.764. The van der Waals surface area contributed by atoms with Crippen LogP contribution in [-0.2, 0) is 6.42 Å². The van der Waals surface area contributed by atoms with Crippen LogP contribution in [0.1, 0.15) is 25.3 Å². The molecule has 1 aromatic rings. The first kappa shape index (κ1) is 13.8. The smallest absolute Gasteiger partial charge is 0.188 e. The normalized spacial score (nSPS) is 11.5. The van der Waals surface area contributed by atoms with Crippen LogP contribution < -0.4 is 11.1 Å². The van der Waals surface area contributed by atoms with Crippen molar-refractivity contribution in [2.75, 3.05) is 13.1 Å². The molecule has 0 fully saturated rings. The molecule has 0 aliphatic carbocycles. The molecule has 0 radical (unpaired) electrons. The third kappa shape index (κ3) is 6.17. The number of aliphatic imine (C=N–C) groups is 1. The van der Waals surface area contributed by atoms with Gasteiger partial charge in [-0.25, -0.2) is 0 Å². The van der Waals surface area contributed by atoms with Crippen LogP contribution in [-0.4, -0.2) is 19.0 Å². The molecule has 0 unspecified atom stereocenters. The molecule has 0 amide bonds. The molecule has 0 heterocycles. The molecule has 17 heavy (non-hydrogen) atoms. The van der Waals surface area contributed by atoms with Crippen molar-refractivity contribution in [2.45, 2.75) is 26.2 Å². The summed E-state index contributed by atoms with van der Waals surface area (Å²) in [4.78, 5) is 4.16. The summed E-state index contributed by atoms with van der Waals surface area (Å²) >= 11 is 5.82. The Hall–Kier alpha value is -1.22. The second-order valence-corrected chi connectivity index (χ2v) is 4.36. The molecular weight excluding hydrogens is 234 g/mol. The first-order chi connectivity index (χ1) is 8.22. The van der Waals surface area contributed by atoms with E-state index >= 15 is 0 Å². The van der Waals surface area contributed by atoms with E-state index in [-0.39, 0.29) is 0 Å². The first-order valence-corrected chi connectivity index (χ1v) is 6.38. The average molecular weight is 254 g/mol. The van der Waals surface area contributed by atoms with E-state index in [9.17, 15) is 0 Å². The van der Waals surface area contributed by atoms with Gasteiger partial charge in [0.25, 0.3) is 0 Å². The fraction of sp³-hybridized carbons (Fsp3) is 0.462. The number of aryl methyl sites for hydroxylation is 1. The van der Waals surface area contributed by atoms with Crippen molar-refractivity contribution >= 4 is 17.6 Å². The van der Waals surface area contributed by atoms with Gasteiger partial charge in [-0.15, -0.1) is 0 Å². The summed E-state index contributed by atoms with van der Waals surface area (Å²) in [5.41, 5.74) is 6.97. The van der Waals surface area contributed by atoms with Crippen LogP contribution in [0.15, 0.2) is 29.3 Å². The predicted molar refractivity (Wildman–Crippen MR) is 74.6 cm³/mol. The minimum atomic E-state index is 0.544. The monoisotopic (exact) mass is 253 g/mol. The number of nitrogens with zero attached hydrogens (tertiary/aromatic N) is 1. The van der Waals surface area contributed by atoms with Crippen molar-refractivity contribution in [2.24, 2.45) is 10.7 Å². The van der Waals surface area contributed by atoms with Crippen LogP contribution in [0.25, 0.3) is 0 Å². The minimum absolute atomic E-state index is 0.544. The quantitative estimate of drug-likeness (QED) is 0.465. The molecule has 0 spiro atoms. The number of halogens is 1. The molecular formula is C13H20ClN3. The topological polar surface area (TPSA) is 50.4 Å². The lowest BCUT2D eigenvalue weighted by atomic mass is 10.1. The van der Waals surface area contributed by atoms with Crippen molar-refractivity contribution in [3.63, 3.8) is 0 Å². The van der Waals surface area contributed by atoms with Crippen molar-refractivity contribution in [3.05, 3.63) is 34.9 Å². The zero-order valence-corrected chi connectivity index (χ0v) is 11.0. The Morgan fingerprint density at radius 3 is 2.71 bits per heavy atom. The zero-order chi connectivity index (χ0) is 12.5. The average Bonchev–Trinajstić information content (AvgIpc) is 2.34. The molecule has 0 aromatic heterocycles. The van der Waals surface area contributed by atoms with Gasteiger partial charge in [-0.05, 0) is 37.0 Å². The standard InChI is InChI=1S/C13H20ClN3/c1-2-9-16-13(15)17-10-3-4-11-5-7-12(14)8-6-11/h5-8H,2-4,9-10H2,1H3,(H3,15,16,17). The summed E-state index contributed by atoms with van der Waals surface area (Å²) in [6.07, 6.45) is 3.07. The van der Waals surface area contributed by atoms with Crippen LogP contribution in [0.2, 0.25) is 5.02 Å². The number of rotatable bonds is 6. The highest BCUT2D eigenvalue weighted by Gasteiger charge is 1.94. The van der Waals surface area contributed by atoms with Crippen LogP contribution in [0.3, 0.4) is 0 Å². The summed E-state index contributed by atoms with van der Waals surface area (Å²) in [7, 11) is 0. The van der Waals surface area contributed by atoms with Gasteiger partial charge in [0.2, 0.25) is 0 Å². The summed E-state index contributed by atoms with van der Waals surface area (Å²) in [6.45, 7) is 3.72. The molecule has 4 heteroatoms. The number of nitrogens with two attached hydrogens (primary N) is 1. The Morgan fingerprint density at radius 2 is 2.06 bits per heavy atom. The molecule has 0 bridgehead atoms. The highest BCUT2D eigenvalue weighted by Crippen LogP contribution is 2.10. The van der Waals surface area contributed by atoms with Crippen LogP contribution in [0, 0.1) is 0 Å². The third-order valence-electron chi connectivity index (χ3n) is 2.37. The van der Waals surface area contributed by atoms with Crippen molar-refractivity contribution in [1.29, 1.82) is 0 Å². The Morgan fingerprint density at radius 1 is 1.35 bits per heavy atom. The summed E-state index contributed by atoms with van der Waals surface area (Å²) in [5.74, 6) is 0.544. The third-order valence-corrected chi connectivity index (χ3v) is 2.62. The molecule has 3 nitrogen and oxygen atoms in total. The van der Waals surface area contributed by atoms with Gasteiger partial charge in [0, 0.05) is 18.1 Å². The lowest BCUT2D eigenvalue weighted by Gasteiger charge is -2.05. The number of hydrogen-bond donors (Lipinski definition) is 2. The van der Waals surface area contributed by atoms with E-state index in [1.54, 1.807) is 0 Å². The molecule has 0 atom stereocenters. The summed E-state index contributed by atoms with van der Waals surface area (Å²) in [5, 5.41) is 3.88. The van der Waals surface area contributed by atoms with E-state index in [0.29, 0.717) is 5.96 Å². The molecule has 3 N–H and O–H groups in total. The van der Waals surface area contributed by atoms with Crippen molar-refractivity contribution in [1.82, 2.24) is 5.32 Å². The van der Waals surface area contributed by atoms with Gasteiger partial charge in [0.05, 0.1) is 0 Å². The molecule has 0 aliphatic rings. The highest BCUT2D eigenvalue weighted by molar-refractivity contribution is 6.30. The Bertz CT molecular complexity index is 346. The van der Waals surface area contributed by atoms with E-state index in [4.69, 9.17) is 17.3 Å². The van der Waals surface area contributed by atoms with Gasteiger partial charge < -0.3 is 11.1 Å². The van der Waals surface area contributed by atoms with Crippen molar-refractivity contribution in [3.8, 4) is 0 Å². The largest absolute Gasteiger partial charge is 0.370 e. The van der Waals surface area contributed by atoms with Crippen LogP contribution in [0.4, 0.5) is 0 Å². The van der Waals surface area contributed by atoms with E-state index in [0.717, 1.165) is 37.4 Å². The van der Waals surface area contributed by atoms with Gasteiger partial charge in [0.15, 0.2) is 5.96 Å². The van der Waals surface area contributed by atoms with Gasteiger partial charge in [-0.1, -0.05) is 30.7 Å². The fourth-order valence-electron chi connectivity index (χ4n) is 1.45. The van der Waals surface area contributed by atoms with Gasteiger partial charge in [-0.2, -0.15) is 0 Å². The molecule has 0 aliphatic heterocycles. The number of guanidine groups is 1. The van der Waals surface area contributed by atoms with E-state index in [1.165, 1.54) is 5.56 Å². The molecule has 0 saturated carbocycles. The Balaban J connectivity index is 2.18. The molecule has 1 rings (SSSR count). The first-order valence-electron chi connectivity index (χ1n) is 6.00.